The molecule has 1 amide bonds. The summed E-state index contributed by atoms with van der Waals surface area (Å²) in [6.45, 7) is 9.19. The average Bonchev–Trinajstić information content (AvgIpc) is 3.10. The topological polar surface area (TPSA) is 29.5 Å². The number of fused-ring (bicyclic) bond motifs is 2. The van der Waals surface area contributed by atoms with Crippen molar-refractivity contribution in [1.29, 1.82) is 0 Å². The summed E-state index contributed by atoms with van der Waals surface area (Å²) in [5.74, 6) is 0.186. The number of rotatable bonds is 21. The Bertz CT molecular complexity index is 793. The zero-order chi connectivity index (χ0) is 29.1. The van der Waals surface area contributed by atoms with Gasteiger partial charge in [-0.3, -0.25) is 4.79 Å². The van der Waals surface area contributed by atoms with Crippen molar-refractivity contribution in [3.8, 4) is 0 Å². The van der Waals surface area contributed by atoms with Gasteiger partial charge in [0, 0.05) is 32.7 Å². The molecule has 228 valence electrons. The quantitative estimate of drug-likeness (QED) is 0.0900. The molecule has 1 fully saturated rings. The van der Waals surface area contributed by atoms with E-state index in [1.54, 1.807) is 0 Å². The number of ether oxygens (including phenoxy) is 1. The Balaban J connectivity index is 1.84. The Hall–Kier alpha value is 0.910. The van der Waals surface area contributed by atoms with Crippen molar-refractivity contribution >= 4 is 75.5 Å². The molecule has 39 heavy (non-hydrogen) atoms. The highest BCUT2D eigenvalue weighted by molar-refractivity contribution is 6.65. The highest BCUT2D eigenvalue weighted by Crippen LogP contribution is 2.77. The van der Waals surface area contributed by atoms with Crippen LogP contribution in [0.25, 0.3) is 0 Å². The zero-order valence-corrected chi connectivity index (χ0v) is 28.7. The van der Waals surface area contributed by atoms with E-state index in [1.807, 2.05) is 18.7 Å². The van der Waals surface area contributed by atoms with Gasteiger partial charge in [0.25, 0.3) is 0 Å². The van der Waals surface area contributed by atoms with E-state index in [4.69, 9.17) is 74.3 Å². The molecule has 0 aromatic rings. The number of amides is 1. The molecule has 0 aliphatic heterocycles. The highest BCUT2D eigenvalue weighted by Gasteiger charge is 2.81. The minimum atomic E-state index is -1.46. The maximum absolute atomic E-state index is 12.6. The standard InChI is InChI=1S/C30H49Cl6NO2/c1-4-7-8-9-11-14-18-23-24(29(34)27(32)26(31)28(23,33)30(29,35)36)19-15-12-10-13-16-20-25(38)37(5-2)21-17-22-39-6-3/h23-24H,4-22H2,1-3H3/t23-,24-,28+,29+/m1/s1. The van der Waals surface area contributed by atoms with Gasteiger partial charge in [0.05, 0.1) is 10.1 Å². The minimum Gasteiger partial charge on any atom is -0.382 e. The van der Waals surface area contributed by atoms with E-state index in [-0.39, 0.29) is 17.7 Å². The van der Waals surface area contributed by atoms with E-state index in [0.717, 1.165) is 83.9 Å². The van der Waals surface area contributed by atoms with Crippen LogP contribution in [-0.4, -0.2) is 51.2 Å². The van der Waals surface area contributed by atoms with Crippen LogP contribution in [0.3, 0.4) is 0 Å². The molecular weight excluding hydrogens is 619 g/mol. The third-order valence-electron chi connectivity index (χ3n) is 8.68. The van der Waals surface area contributed by atoms with Crippen LogP contribution in [-0.2, 0) is 9.53 Å². The lowest BCUT2D eigenvalue weighted by molar-refractivity contribution is -0.131. The second-order valence-electron chi connectivity index (χ2n) is 11.2. The Morgan fingerprint density at radius 1 is 0.744 bits per heavy atom. The maximum Gasteiger partial charge on any atom is 0.222 e. The van der Waals surface area contributed by atoms with E-state index >= 15 is 0 Å². The van der Waals surface area contributed by atoms with Crippen molar-refractivity contribution in [2.45, 2.75) is 131 Å². The first-order valence-corrected chi connectivity index (χ1v) is 17.5. The Morgan fingerprint density at radius 2 is 1.23 bits per heavy atom. The van der Waals surface area contributed by atoms with Gasteiger partial charge in [-0.05, 0) is 51.4 Å². The molecule has 0 spiro atoms. The van der Waals surface area contributed by atoms with Gasteiger partial charge in [0.1, 0.15) is 9.75 Å². The largest absolute Gasteiger partial charge is 0.382 e. The van der Waals surface area contributed by atoms with Crippen LogP contribution in [0.5, 0.6) is 0 Å². The number of hydrogen-bond acceptors (Lipinski definition) is 2. The van der Waals surface area contributed by atoms with Crippen molar-refractivity contribution in [2.75, 3.05) is 26.3 Å². The van der Waals surface area contributed by atoms with Crippen molar-refractivity contribution in [3.05, 3.63) is 10.1 Å². The molecule has 2 aliphatic carbocycles. The normalized spacial score (nSPS) is 27.5. The molecule has 2 aliphatic rings. The third kappa shape index (κ3) is 8.10. The number of carbonyl (C=O) groups is 1. The van der Waals surface area contributed by atoms with Crippen LogP contribution in [0.4, 0.5) is 0 Å². The van der Waals surface area contributed by atoms with Gasteiger partial charge in [-0.15, -0.1) is 23.2 Å². The Labute approximate surface area is 267 Å². The lowest BCUT2D eigenvalue weighted by Gasteiger charge is -2.37. The highest BCUT2D eigenvalue weighted by atomic mass is 35.5. The maximum atomic E-state index is 12.6. The summed E-state index contributed by atoms with van der Waals surface area (Å²) in [6, 6.07) is 0. The monoisotopic (exact) mass is 665 g/mol. The summed E-state index contributed by atoms with van der Waals surface area (Å²) in [5.41, 5.74) is 0. The molecule has 2 rings (SSSR count). The van der Waals surface area contributed by atoms with Crippen LogP contribution in [0, 0.1) is 11.8 Å². The molecule has 9 heteroatoms. The third-order valence-corrected chi connectivity index (χ3v) is 13.0. The molecule has 0 saturated heterocycles. The van der Waals surface area contributed by atoms with Crippen molar-refractivity contribution in [3.63, 3.8) is 0 Å². The SMILES string of the molecule is CCCCCCCC[C@@H]1[C@@H](CCCCCCCC(=O)N(CC)CCCOCC)[C@]2(Cl)C(Cl)=C(Cl)[C@]1(Cl)C2(Cl)Cl. The second kappa shape index (κ2) is 17.3. The molecule has 2 bridgehead atoms. The fourth-order valence-corrected chi connectivity index (χ4v) is 9.59. The van der Waals surface area contributed by atoms with Crippen LogP contribution in [0.2, 0.25) is 0 Å². The molecule has 4 atom stereocenters. The van der Waals surface area contributed by atoms with Crippen LogP contribution < -0.4 is 0 Å². The van der Waals surface area contributed by atoms with Crippen molar-refractivity contribution in [2.24, 2.45) is 11.8 Å². The Morgan fingerprint density at radius 3 is 1.72 bits per heavy atom. The van der Waals surface area contributed by atoms with Gasteiger partial charge in [0.15, 0.2) is 4.33 Å². The zero-order valence-electron chi connectivity index (χ0n) is 24.1. The lowest BCUT2D eigenvalue weighted by atomic mass is 9.76. The number of carbonyl (C=O) groups excluding carboxylic acids is 1. The predicted octanol–water partition coefficient (Wildman–Crippen LogP) is 10.8. The summed E-state index contributed by atoms with van der Waals surface area (Å²) in [4.78, 5) is 12.2. The van der Waals surface area contributed by atoms with E-state index in [2.05, 4.69) is 6.92 Å². The Kier molecular flexibility index (Phi) is 16.0. The van der Waals surface area contributed by atoms with Crippen LogP contribution in [0.15, 0.2) is 10.1 Å². The van der Waals surface area contributed by atoms with Gasteiger partial charge in [-0.2, -0.15) is 0 Å². The van der Waals surface area contributed by atoms with E-state index < -0.39 is 14.1 Å². The molecular formula is C30H49Cl6NO2. The molecule has 0 unspecified atom stereocenters. The molecule has 0 aromatic heterocycles. The summed E-state index contributed by atoms with van der Waals surface area (Å²) < 4.78 is 3.94. The van der Waals surface area contributed by atoms with E-state index in [9.17, 15) is 4.79 Å². The molecule has 0 aromatic carbocycles. The number of halogens is 6. The van der Waals surface area contributed by atoms with Crippen LogP contribution >= 0.6 is 69.6 Å². The van der Waals surface area contributed by atoms with Crippen LogP contribution in [0.1, 0.15) is 117 Å². The van der Waals surface area contributed by atoms with E-state index in [0.29, 0.717) is 23.1 Å². The molecule has 0 radical (unpaired) electrons. The molecule has 3 nitrogen and oxygen atoms in total. The molecule has 1 saturated carbocycles. The first-order valence-electron chi connectivity index (χ1n) is 15.2. The van der Waals surface area contributed by atoms with Gasteiger partial charge in [0.2, 0.25) is 5.91 Å². The summed E-state index contributed by atoms with van der Waals surface area (Å²) in [7, 11) is 0. The minimum absolute atomic E-state index is 0.0202. The van der Waals surface area contributed by atoms with Crippen molar-refractivity contribution in [1.82, 2.24) is 4.90 Å². The number of hydrogen-bond donors (Lipinski definition) is 0. The smallest absolute Gasteiger partial charge is 0.222 e. The fourth-order valence-electron chi connectivity index (χ4n) is 6.44. The first kappa shape index (κ1) is 36.1. The molecule has 0 N–H and O–H groups in total. The van der Waals surface area contributed by atoms with E-state index in [1.165, 1.54) is 25.7 Å². The number of nitrogens with zero attached hydrogens (tertiary/aromatic N) is 1. The van der Waals surface area contributed by atoms with Gasteiger partial charge in [-0.1, -0.05) is 118 Å². The number of allylic oxidation sites excluding steroid dienone is 2. The number of alkyl halides is 4. The fraction of sp³-hybridized carbons (Fsp3) is 0.900. The predicted molar refractivity (Wildman–Crippen MR) is 171 cm³/mol. The first-order chi connectivity index (χ1) is 18.5. The summed E-state index contributed by atoms with van der Waals surface area (Å²) >= 11 is 41.5. The summed E-state index contributed by atoms with van der Waals surface area (Å²) in [5, 5.41) is 0.636. The van der Waals surface area contributed by atoms with Crippen molar-refractivity contribution < 1.29 is 9.53 Å². The average molecular weight is 668 g/mol. The van der Waals surface area contributed by atoms with Gasteiger partial charge < -0.3 is 9.64 Å². The lowest BCUT2D eigenvalue weighted by Crippen LogP contribution is -2.44. The summed E-state index contributed by atoms with van der Waals surface area (Å²) in [6.07, 6.45) is 15.4. The second-order valence-corrected chi connectivity index (χ2v) is 14.5. The molecule has 0 heterocycles. The van der Waals surface area contributed by atoms with Gasteiger partial charge in [-0.25, -0.2) is 0 Å². The van der Waals surface area contributed by atoms with Gasteiger partial charge >= 0.3 is 0 Å². The number of unbranched alkanes of at least 4 members (excludes halogenated alkanes) is 9.